The molecule has 3 rings (SSSR count). The Bertz CT molecular complexity index is 525. The minimum absolute atomic E-state index is 0.0609. The number of aryl methyl sites for hydroxylation is 1. The number of hydrogen-bond acceptors (Lipinski definition) is 4. The Hall–Kier alpha value is -1.65. The molecule has 2 N–H and O–H groups in total. The van der Waals surface area contributed by atoms with Gasteiger partial charge < -0.3 is 10.6 Å². The fraction of sp³-hybridized carbons (Fsp3) is 0.688. The average Bonchev–Trinajstić information content (AvgIpc) is 2.97. The molecule has 2 aliphatic rings. The predicted molar refractivity (Wildman–Crippen MR) is 81.8 cm³/mol. The van der Waals surface area contributed by atoms with Crippen molar-refractivity contribution in [3.8, 4) is 0 Å². The van der Waals surface area contributed by atoms with Gasteiger partial charge >= 0.3 is 0 Å². The molecule has 1 aliphatic carbocycles. The molecule has 0 radical (unpaired) electrons. The van der Waals surface area contributed by atoms with Gasteiger partial charge in [0, 0.05) is 19.3 Å². The molecular weight excluding hydrogens is 264 g/mol. The number of amides is 1. The molecule has 21 heavy (non-hydrogen) atoms. The maximum atomic E-state index is 12.6. The van der Waals surface area contributed by atoms with Crippen LogP contribution >= 0.6 is 0 Å². The Balaban J connectivity index is 1.66. The molecule has 1 aliphatic heterocycles. The highest BCUT2D eigenvalue weighted by Gasteiger charge is 2.33. The molecule has 5 nitrogen and oxygen atoms in total. The van der Waals surface area contributed by atoms with Crippen LogP contribution < -0.4 is 5.73 Å². The molecule has 1 atom stereocenters. The van der Waals surface area contributed by atoms with Crippen molar-refractivity contribution in [3.63, 3.8) is 0 Å². The van der Waals surface area contributed by atoms with Gasteiger partial charge in [0.05, 0.1) is 11.3 Å². The van der Waals surface area contributed by atoms with Crippen LogP contribution in [0.2, 0.25) is 0 Å². The summed E-state index contributed by atoms with van der Waals surface area (Å²) in [4.78, 5) is 22.6. The van der Waals surface area contributed by atoms with E-state index >= 15 is 0 Å². The molecule has 0 aromatic carbocycles. The van der Waals surface area contributed by atoms with Gasteiger partial charge in [-0.05, 0) is 25.2 Å². The zero-order chi connectivity index (χ0) is 14.8. The van der Waals surface area contributed by atoms with Gasteiger partial charge in [0.2, 0.25) is 5.95 Å². The van der Waals surface area contributed by atoms with Crippen molar-refractivity contribution < 1.29 is 4.79 Å². The van der Waals surface area contributed by atoms with E-state index in [1.54, 1.807) is 6.20 Å². The number of nitrogen functional groups attached to an aromatic ring is 1. The first-order chi connectivity index (χ1) is 10.1. The van der Waals surface area contributed by atoms with E-state index in [4.69, 9.17) is 5.73 Å². The second-order valence-corrected chi connectivity index (χ2v) is 6.43. The maximum Gasteiger partial charge on any atom is 0.257 e. The topological polar surface area (TPSA) is 72.1 Å². The van der Waals surface area contributed by atoms with Gasteiger partial charge in [-0.1, -0.05) is 32.1 Å². The monoisotopic (exact) mass is 288 g/mol. The van der Waals surface area contributed by atoms with Crippen LogP contribution in [-0.4, -0.2) is 33.9 Å². The number of rotatable bonds is 2. The summed E-state index contributed by atoms with van der Waals surface area (Å²) in [5.41, 5.74) is 6.82. The lowest BCUT2D eigenvalue weighted by Crippen LogP contribution is -2.31. The van der Waals surface area contributed by atoms with Crippen LogP contribution in [0, 0.1) is 18.8 Å². The zero-order valence-corrected chi connectivity index (χ0v) is 12.7. The Morgan fingerprint density at radius 2 is 2.00 bits per heavy atom. The fourth-order valence-corrected chi connectivity index (χ4v) is 3.83. The van der Waals surface area contributed by atoms with Gasteiger partial charge in [0.15, 0.2) is 0 Å². The Labute approximate surface area is 125 Å². The summed E-state index contributed by atoms with van der Waals surface area (Å²) in [6.45, 7) is 3.58. The quantitative estimate of drug-likeness (QED) is 0.907. The van der Waals surface area contributed by atoms with Crippen LogP contribution in [0.3, 0.4) is 0 Å². The van der Waals surface area contributed by atoms with E-state index in [1.165, 1.54) is 32.1 Å². The molecule has 5 heteroatoms. The van der Waals surface area contributed by atoms with Crippen molar-refractivity contribution in [1.29, 1.82) is 0 Å². The standard InChI is InChI=1S/C16H24N4O/c1-11-14(9-18-16(17)19-11)15(21)20-8-7-13(10-20)12-5-3-2-4-6-12/h9,12-13H,2-8,10H2,1H3,(H2,17,18,19)/t13-/m1/s1. The smallest absolute Gasteiger partial charge is 0.257 e. The molecule has 1 saturated carbocycles. The largest absolute Gasteiger partial charge is 0.368 e. The first-order valence-electron chi connectivity index (χ1n) is 8.03. The van der Waals surface area contributed by atoms with E-state index in [9.17, 15) is 4.79 Å². The van der Waals surface area contributed by atoms with Gasteiger partial charge in [-0.25, -0.2) is 9.97 Å². The number of carbonyl (C=O) groups is 1. The van der Waals surface area contributed by atoms with Crippen LogP contribution in [0.1, 0.15) is 54.6 Å². The second kappa shape index (κ2) is 6.00. The maximum absolute atomic E-state index is 12.6. The van der Waals surface area contributed by atoms with Crippen molar-refractivity contribution in [2.75, 3.05) is 18.8 Å². The van der Waals surface area contributed by atoms with Crippen molar-refractivity contribution in [1.82, 2.24) is 14.9 Å². The van der Waals surface area contributed by atoms with Gasteiger partial charge in [0.25, 0.3) is 5.91 Å². The van der Waals surface area contributed by atoms with Crippen LogP contribution in [0.5, 0.6) is 0 Å². The van der Waals surface area contributed by atoms with Gasteiger partial charge in [0.1, 0.15) is 0 Å². The van der Waals surface area contributed by atoms with E-state index in [1.807, 2.05) is 11.8 Å². The van der Waals surface area contributed by atoms with Crippen LogP contribution in [0.4, 0.5) is 5.95 Å². The summed E-state index contributed by atoms with van der Waals surface area (Å²) in [5, 5.41) is 0. The summed E-state index contributed by atoms with van der Waals surface area (Å²) in [6.07, 6.45) is 9.50. The van der Waals surface area contributed by atoms with Crippen LogP contribution in [0.25, 0.3) is 0 Å². The molecule has 0 spiro atoms. The van der Waals surface area contributed by atoms with Gasteiger partial charge in [-0.3, -0.25) is 4.79 Å². The van der Waals surface area contributed by atoms with Crippen LogP contribution in [-0.2, 0) is 0 Å². The second-order valence-electron chi connectivity index (χ2n) is 6.43. The highest BCUT2D eigenvalue weighted by atomic mass is 16.2. The average molecular weight is 288 g/mol. The van der Waals surface area contributed by atoms with Gasteiger partial charge in [-0.2, -0.15) is 0 Å². The number of hydrogen-bond donors (Lipinski definition) is 1. The Morgan fingerprint density at radius 1 is 1.24 bits per heavy atom. The minimum Gasteiger partial charge on any atom is -0.368 e. The lowest BCUT2D eigenvalue weighted by Gasteiger charge is -2.27. The van der Waals surface area contributed by atoms with E-state index in [2.05, 4.69) is 9.97 Å². The number of carbonyl (C=O) groups excluding carboxylic acids is 1. The Morgan fingerprint density at radius 3 is 2.71 bits per heavy atom. The molecule has 1 saturated heterocycles. The predicted octanol–water partition coefficient (Wildman–Crippen LogP) is 2.41. The van der Waals surface area contributed by atoms with Crippen molar-refractivity contribution in [3.05, 3.63) is 17.5 Å². The molecule has 114 valence electrons. The number of anilines is 1. The SMILES string of the molecule is Cc1nc(N)ncc1C(=O)N1CC[C@@H](C2CCCCC2)C1. The van der Waals surface area contributed by atoms with Gasteiger partial charge in [-0.15, -0.1) is 0 Å². The van der Waals surface area contributed by atoms with E-state index in [0.717, 1.165) is 25.4 Å². The molecule has 2 heterocycles. The highest BCUT2D eigenvalue weighted by Crippen LogP contribution is 2.35. The van der Waals surface area contributed by atoms with E-state index < -0.39 is 0 Å². The number of likely N-dealkylation sites (tertiary alicyclic amines) is 1. The normalized spacial score (nSPS) is 23.5. The summed E-state index contributed by atoms with van der Waals surface area (Å²) in [7, 11) is 0. The van der Waals surface area contributed by atoms with Crippen molar-refractivity contribution >= 4 is 11.9 Å². The third-order valence-electron chi connectivity index (χ3n) is 5.06. The van der Waals surface area contributed by atoms with E-state index in [0.29, 0.717) is 17.2 Å². The number of aromatic nitrogens is 2. The van der Waals surface area contributed by atoms with Crippen molar-refractivity contribution in [2.24, 2.45) is 11.8 Å². The first kappa shape index (κ1) is 14.3. The molecule has 1 amide bonds. The summed E-state index contributed by atoms with van der Waals surface area (Å²) in [5.74, 6) is 1.79. The van der Waals surface area contributed by atoms with E-state index in [-0.39, 0.29) is 11.9 Å². The Kier molecular flexibility index (Phi) is 4.08. The highest BCUT2D eigenvalue weighted by molar-refractivity contribution is 5.95. The minimum atomic E-state index is 0.0609. The summed E-state index contributed by atoms with van der Waals surface area (Å²) >= 11 is 0. The molecule has 2 fully saturated rings. The lowest BCUT2D eigenvalue weighted by molar-refractivity contribution is 0.0778. The third-order valence-corrected chi connectivity index (χ3v) is 5.06. The summed E-state index contributed by atoms with van der Waals surface area (Å²) in [6, 6.07) is 0. The summed E-state index contributed by atoms with van der Waals surface area (Å²) < 4.78 is 0. The molecule has 0 unspecified atom stereocenters. The molecule has 0 bridgehead atoms. The molecule has 1 aromatic rings. The molecular formula is C16H24N4O. The lowest BCUT2D eigenvalue weighted by atomic mass is 9.80. The third kappa shape index (κ3) is 3.01. The number of nitrogens with two attached hydrogens (primary N) is 1. The fourth-order valence-electron chi connectivity index (χ4n) is 3.83. The van der Waals surface area contributed by atoms with Crippen LogP contribution in [0.15, 0.2) is 6.20 Å². The molecule has 1 aromatic heterocycles. The number of nitrogens with zero attached hydrogens (tertiary/aromatic N) is 3. The van der Waals surface area contributed by atoms with Crippen molar-refractivity contribution in [2.45, 2.75) is 45.4 Å². The zero-order valence-electron chi connectivity index (χ0n) is 12.7. The first-order valence-corrected chi connectivity index (χ1v) is 8.03.